The number of benzene rings is 5. The Morgan fingerprint density at radius 3 is 1.24 bits per heavy atom. The summed E-state index contributed by atoms with van der Waals surface area (Å²) in [7, 11) is 0. The van der Waals surface area contributed by atoms with E-state index in [1.54, 1.807) is 0 Å². The quantitative estimate of drug-likeness (QED) is 0.0443. The summed E-state index contributed by atoms with van der Waals surface area (Å²) in [6.07, 6.45) is 30.7. The first-order valence-electron chi connectivity index (χ1n) is 24.5. The van der Waals surface area contributed by atoms with Crippen LogP contribution in [0.1, 0.15) is 191 Å². The van der Waals surface area contributed by atoms with Gasteiger partial charge in [-0.15, -0.1) is 0 Å². The second kappa shape index (κ2) is 26.3. The van der Waals surface area contributed by atoms with Gasteiger partial charge in [0.1, 0.15) is 0 Å². The molecule has 0 heterocycles. The predicted octanol–water partition coefficient (Wildman–Crippen LogP) is 19.1. The Balaban J connectivity index is 1.42. The van der Waals surface area contributed by atoms with Crippen molar-refractivity contribution in [3.05, 3.63) is 131 Å². The Morgan fingerprint density at radius 1 is 0.356 bits per heavy atom. The van der Waals surface area contributed by atoms with Crippen molar-refractivity contribution in [3.8, 4) is 44.5 Å². The molecular weight excluding hydrogens is 709 g/mol. The molecule has 0 heteroatoms. The molecule has 0 nitrogen and oxygen atoms in total. The minimum absolute atomic E-state index is 0.498. The standard InChI is InChI=1S/C59H80/c1-6-9-12-14-16-18-19-21-23-25-28-56-45-59(55-43-39-53(40-44-55)51-35-31-49(32-36-51)27-11-8-3)57(48(5)26-24-22-20-17-15-13-10-7-2)46-58(56)54-41-37-52(38-42-54)50-33-29-47(4)30-34-50/h29-46,48H,6-28H2,1-5H3. The third kappa shape index (κ3) is 15.3. The Labute approximate surface area is 362 Å². The zero-order valence-corrected chi connectivity index (χ0v) is 38.2. The van der Waals surface area contributed by atoms with E-state index in [-0.39, 0.29) is 0 Å². The van der Waals surface area contributed by atoms with E-state index >= 15 is 0 Å². The lowest BCUT2D eigenvalue weighted by Crippen LogP contribution is -2.02. The molecule has 0 N–H and O–H groups in total. The van der Waals surface area contributed by atoms with Crippen LogP contribution in [0.3, 0.4) is 0 Å². The number of rotatable bonds is 28. The van der Waals surface area contributed by atoms with Crippen LogP contribution in [-0.2, 0) is 12.8 Å². The molecule has 0 bridgehead atoms. The lowest BCUT2D eigenvalue weighted by Gasteiger charge is -2.22. The van der Waals surface area contributed by atoms with Gasteiger partial charge in [-0.25, -0.2) is 0 Å². The van der Waals surface area contributed by atoms with Crippen molar-refractivity contribution < 1.29 is 0 Å². The van der Waals surface area contributed by atoms with Crippen molar-refractivity contribution in [1.82, 2.24) is 0 Å². The molecule has 0 saturated heterocycles. The van der Waals surface area contributed by atoms with Gasteiger partial charge in [-0.3, -0.25) is 0 Å². The van der Waals surface area contributed by atoms with Gasteiger partial charge in [0.2, 0.25) is 0 Å². The van der Waals surface area contributed by atoms with Crippen LogP contribution in [0.2, 0.25) is 0 Å². The zero-order valence-electron chi connectivity index (χ0n) is 38.2. The molecule has 0 aliphatic rings. The highest BCUT2D eigenvalue weighted by Crippen LogP contribution is 2.40. The Morgan fingerprint density at radius 2 is 0.746 bits per heavy atom. The smallest absolute Gasteiger partial charge is 0.0146 e. The SMILES string of the molecule is CCCCCCCCCCCCc1cc(-c2ccc(-c3ccc(CCCC)cc3)cc2)c(C(C)CCCCCCCCCC)cc1-c1ccc(-c2ccc(C)cc2)cc1. The second-order valence-corrected chi connectivity index (χ2v) is 18.0. The Hall–Kier alpha value is -3.90. The van der Waals surface area contributed by atoms with Gasteiger partial charge < -0.3 is 0 Å². The molecule has 316 valence electrons. The maximum absolute atomic E-state index is 2.63. The minimum Gasteiger partial charge on any atom is -0.0654 e. The van der Waals surface area contributed by atoms with Gasteiger partial charge >= 0.3 is 0 Å². The summed E-state index contributed by atoms with van der Waals surface area (Å²) < 4.78 is 0. The van der Waals surface area contributed by atoms with Crippen LogP contribution in [0, 0.1) is 6.92 Å². The average Bonchev–Trinajstić information content (AvgIpc) is 3.27. The zero-order chi connectivity index (χ0) is 41.5. The highest BCUT2D eigenvalue weighted by atomic mass is 14.2. The van der Waals surface area contributed by atoms with E-state index in [4.69, 9.17) is 0 Å². The molecule has 1 atom stereocenters. The number of unbranched alkanes of at least 4 members (excludes halogenated alkanes) is 17. The molecule has 1 unspecified atom stereocenters. The fraction of sp³-hybridized carbons (Fsp3) is 0.492. The molecule has 0 fully saturated rings. The van der Waals surface area contributed by atoms with Gasteiger partial charge in [0.05, 0.1) is 0 Å². The van der Waals surface area contributed by atoms with Crippen molar-refractivity contribution >= 4 is 0 Å². The van der Waals surface area contributed by atoms with E-state index in [2.05, 4.69) is 144 Å². The summed E-state index contributed by atoms with van der Waals surface area (Å²) >= 11 is 0. The van der Waals surface area contributed by atoms with Gasteiger partial charge in [-0.2, -0.15) is 0 Å². The lowest BCUT2D eigenvalue weighted by atomic mass is 9.82. The van der Waals surface area contributed by atoms with Gasteiger partial charge in [-0.05, 0) is 112 Å². The van der Waals surface area contributed by atoms with Crippen molar-refractivity contribution in [2.45, 2.75) is 188 Å². The van der Waals surface area contributed by atoms with Crippen LogP contribution in [0.5, 0.6) is 0 Å². The molecule has 5 rings (SSSR count). The molecule has 0 aromatic heterocycles. The van der Waals surface area contributed by atoms with E-state index in [1.165, 1.54) is 208 Å². The normalized spacial score (nSPS) is 11.9. The first-order chi connectivity index (χ1) is 29.0. The van der Waals surface area contributed by atoms with Gasteiger partial charge in [0.25, 0.3) is 0 Å². The summed E-state index contributed by atoms with van der Waals surface area (Å²) in [4.78, 5) is 0. The van der Waals surface area contributed by atoms with Crippen molar-refractivity contribution in [2.75, 3.05) is 0 Å². The molecule has 0 saturated carbocycles. The van der Waals surface area contributed by atoms with Crippen molar-refractivity contribution in [3.63, 3.8) is 0 Å². The second-order valence-electron chi connectivity index (χ2n) is 18.0. The fourth-order valence-corrected chi connectivity index (χ4v) is 9.01. The average molecular weight is 789 g/mol. The third-order valence-corrected chi connectivity index (χ3v) is 13.0. The van der Waals surface area contributed by atoms with Gasteiger partial charge in [-0.1, -0.05) is 252 Å². The summed E-state index contributed by atoms with van der Waals surface area (Å²) in [5.74, 6) is 0.498. The highest BCUT2D eigenvalue weighted by Gasteiger charge is 2.18. The molecule has 0 aliphatic carbocycles. The lowest BCUT2D eigenvalue weighted by molar-refractivity contribution is 0.544. The van der Waals surface area contributed by atoms with E-state index in [0.717, 1.165) is 6.42 Å². The molecule has 5 aromatic rings. The summed E-state index contributed by atoms with van der Waals surface area (Å²) in [5.41, 5.74) is 16.6. The molecule has 0 radical (unpaired) electrons. The largest absolute Gasteiger partial charge is 0.0654 e. The molecule has 0 aliphatic heterocycles. The van der Waals surface area contributed by atoms with Crippen LogP contribution < -0.4 is 0 Å². The first kappa shape index (κ1) is 46.2. The number of hydrogen-bond acceptors (Lipinski definition) is 0. The summed E-state index contributed by atoms with van der Waals surface area (Å²) in [6, 6.07) is 42.5. The van der Waals surface area contributed by atoms with Gasteiger partial charge in [0.15, 0.2) is 0 Å². The first-order valence-corrected chi connectivity index (χ1v) is 24.5. The predicted molar refractivity (Wildman–Crippen MR) is 263 cm³/mol. The van der Waals surface area contributed by atoms with Crippen LogP contribution in [0.25, 0.3) is 44.5 Å². The summed E-state index contributed by atoms with van der Waals surface area (Å²) in [5, 5.41) is 0. The van der Waals surface area contributed by atoms with Crippen LogP contribution in [0.4, 0.5) is 0 Å². The summed E-state index contributed by atoms with van der Waals surface area (Å²) in [6.45, 7) is 11.6. The molecule has 0 amide bonds. The minimum atomic E-state index is 0.498. The third-order valence-electron chi connectivity index (χ3n) is 13.0. The molecule has 59 heavy (non-hydrogen) atoms. The van der Waals surface area contributed by atoms with Crippen molar-refractivity contribution in [1.29, 1.82) is 0 Å². The van der Waals surface area contributed by atoms with Crippen molar-refractivity contribution in [2.24, 2.45) is 0 Å². The number of hydrogen-bond donors (Lipinski definition) is 0. The monoisotopic (exact) mass is 789 g/mol. The number of aryl methyl sites for hydroxylation is 3. The van der Waals surface area contributed by atoms with Crippen LogP contribution in [0.15, 0.2) is 109 Å². The van der Waals surface area contributed by atoms with E-state index < -0.39 is 0 Å². The fourth-order valence-electron chi connectivity index (χ4n) is 9.01. The van der Waals surface area contributed by atoms with E-state index in [0.29, 0.717) is 5.92 Å². The molecular formula is C59H80. The molecule has 0 spiro atoms. The maximum atomic E-state index is 2.63. The van der Waals surface area contributed by atoms with Gasteiger partial charge in [0, 0.05) is 0 Å². The highest BCUT2D eigenvalue weighted by molar-refractivity contribution is 5.80. The molecule has 5 aromatic carbocycles. The Bertz CT molecular complexity index is 1860. The maximum Gasteiger partial charge on any atom is -0.0146 e. The van der Waals surface area contributed by atoms with Crippen LogP contribution in [-0.4, -0.2) is 0 Å². The topological polar surface area (TPSA) is 0 Å². The Kier molecular flexibility index (Phi) is 20.6. The van der Waals surface area contributed by atoms with E-state index in [1.807, 2.05) is 0 Å². The van der Waals surface area contributed by atoms with Crippen LogP contribution >= 0.6 is 0 Å². The van der Waals surface area contributed by atoms with E-state index in [9.17, 15) is 0 Å².